The first-order chi connectivity index (χ1) is 8.90. The number of hydrogen-bond donors (Lipinski definition) is 1. The molecule has 0 atom stereocenters. The van der Waals surface area contributed by atoms with Gasteiger partial charge in [0.05, 0.1) is 12.4 Å². The first-order valence-electron chi connectivity index (χ1n) is 6.19. The predicted octanol–water partition coefficient (Wildman–Crippen LogP) is 1.91. The molecule has 0 spiro atoms. The van der Waals surface area contributed by atoms with Gasteiger partial charge in [-0.15, -0.1) is 6.58 Å². The predicted molar refractivity (Wildman–Crippen MR) is 77.0 cm³/mol. The van der Waals surface area contributed by atoms with Gasteiger partial charge in [0.1, 0.15) is 0 Å². The summed E-state index contributed by atoms with van der Waals surface area (Å²) in [6.45, 7) is 7.49. The summed E-state index contributed by atoms with van der Waals surface area (Å²) in [5.74, 6) is -0.0626. The van der Waals surface area contributed by atoms with Gasteiger partial charge in [0.25, 0.3) is 0 Å². The van der Waals surface area contributed by atoms with Crippen LogP contribution in [0, 0.1) is 0 Å². The van der Waals surface area contributed by atoms with Gasteiger partial charge >= 0.3 is 0 Å². The second kappa shape index (κ2) is 6.84. The Morgan fingerprint density at radius 1 is 1.37 bits per heavy atom. The van der Waals surface area contributed by atoms with E-state index in [0.29, 0.717) is 17.7 Å². The summed E-state index contributed by atoms with van der Waals surface area (Å²) in [5.41, 5.74) is 1.40. The normalized spacial score (nSPS) is 12.1. The third kappa shape index (κ3) is 4.45. The average Bonchev–Trinajstić information content (AvgIpc) is 2.35. The van der Waals surface area contributed by atoms with Crippen molar-refractivity contribution >= 4 is 10.0 Å². The SMILES string of the molecule is C=CCN(C(C)C)S(=O)(=O)Cc1cccc(CO)c1. The van der Waals surface area contributed by atoms with E-state index >= 15 is 0 Å². The zero-order valence-electron chi connectivity index (χ0n) is 11.4. The molecule has 19 heavy (non-hydrogen) atoms. The maximum absolute atomic E-state index is 12.3. The van der Waals surface area contributed by atoms with Crippen LogP contribution < -0.4 is 0 Å². The molecular weight excluding hydrogens is 262 g/mol. The monoisotopic (exact) mass is 283 g/mol. The molecule has 0 saturated carbocycles. The molecule has 106 valence electrons. The topological polar surface area (TPSA) is 57.6 Å². The van der Waals surface area contributed by atoms with Crippen molar-refractivity contribution in [2.24, 2.45) is 0 Å². The van der Waals surface area contributed by atoms with Gasteiger partial charge in [-0.1, -0.05) is 30.3 Å². The van der Waals surface area contributed by atoms with E-state index in [0.717, 1.165) is 0 Å². The third-order valence-corrected chi connectivity index (χ3v) is 4.75. The van der Waals surface area contributed by atoms with E-state index in [1.807, 2.05) is 13.8 Å². The van der Waals surface area contributed by atoms with Crippen LogP contribution in [0.5, 0.6) is 0 Å². The van der Waals surface area contributed by atoms with Crippen LogP contribution in [0.3, 0.4) is 0 Å². The number of nitrogens with zero attached hydrogens (tertiary/aromatic N) is 1. The van der Waals surface area contributed by atoms with Gasteiger partial charge < -0.3 is 5.11 Å². The lowest BCUT2D eigenvalue weighted by molar-refractivity contribution is 0.281. The lowest BCUT2D eigenvalue weighted by Crippen LogP contribution is -2.37. The van der Waals surface area contributed by atoms with Crippen LogP contribution in [0.1, 0.15) is 25.0 Å². The molecular formula is C14H21NO3S. The first-order valence-corrected chi connectivity index (χ1v) is 7.80. The van der Waals surface area contributed by atoms with Crippen LogP contribution in [0.15, 0.2) is 36.9 Å². The Hall–Kier alpha value is -1.17. The molecule has 1 rings (SSSR count). The number of aliphatic hydroxyl groups excluding tert-OH is 1. The van der Waals surface area contributed by atoms with E-state index in [9.17, 15) is 8.42 Å². The number of sulfonamides is 1. The van der Waals surface area contributed by atoms with Gasteiger partial charge in [-0.2, -0.15) is 4.31 Å². The molecule has 0 aliphatic rings. The molecule has 0 aliphatic carbocycles. The van der Waals surface area contributed by atoms with E-state index < -0.39 is 10.0 Å². The lowest BCUT2D eigenvalue weighted by atomic mass is 10.1. The van der Waals surface area contributed by atoms with Crippen LogP contribution in [0.25, 0.3) is 0 Å². The molecule has 0 unspecified atom stereocenters. The molecule has 0 aromatic heterocycles. The molecule has 0 aliphatic heterocycles. The standard InChI is InChI=1S/C14H21NO3S/c1-4-8-15(12(2)3)19(17,18)11-14-7-5-6-13(9-14)10-16/h4-7,9,12,16H,1,8,10-11H2,2-3H3. The molecule has 1 N–H and O–H groups in total. The maximum Gasteiger partial charge on any atom is 0.218 e. The van der Waals surface area contributed by atoms with Crippen LogP contribution in [-0.2, 0) is 22.4 Å². The van der Waals surface area contributed by atoms with Gasteiger partial charge in [0.15, 0.2) is 0 Å². The van der Waals surface area contributed by atoms with Crippen molar-refractivity contribution in [3.05, 3.63) is 48.0 Å². The number of benzene rings is 1. The molecule has 0 fully saturated rings. The Bertz CT molecular complexity index is 523. The summed E-state index contributed by atoms with van der Waals surface area (Å²) in [5, 5.41) is 9.07. The van der Waals surface area contributed by atoms with Crippen LogP contribution >= 0.6 is 0 Å². The summed E-state index contributed by atoms with van der Waals surface area (Å²) in [6, 6.07) is 6.88. The lowest BCUT2D eigenvalue weighted by Gasteiger charge is -2.24. The minimum atomic E-state index is -3.38. The van der Waals surface area contributed by atoms with Crippen molar-refractivity contribution in [3.8, 4) is 0 Å². The Labute approximate surface area is 115 Å². The molecule has 0 saturated heterocycles. The summed E-state index contributed by atoms with van der Waals surface area (Å²) in [6.07, 6.45) is 1.59. The molecule has 0 radical (unpaired) electrons. The first kappa shape index (κ1) is 15.9. The highest BCUT2D eigenvalue weighted by Crippen LogP contribution is 2.15. The zero-order chi connectivity index (χ0) is 14.5. The summed E-state index contributed by atoms with van der Waals surface area (Å²) >= 11 is 0. The molecule has 1 aromatic rings. The minimum Gasteiger partial charge on any atom is -0.392 e. The van der Waals surface area contributed by atoms with Crippen molar-refractivity contribution in [1.82, 2.24) is 4.31 Å². The summed E-state index contributed by atoms with van der Waals surface area (Å²) < 4.78 is 26.1. The second-order valence-corrected chi connectivity index (χ2v) is 6.61. The average molecular weight is 283 g/mol. The van der Waals surface area contributed by atoms with Gasteiger partial charge in [0.2, 0.25) is 10.0 Å². The zero-order valence-corrected chi connectivity index (χ0v) is 12.2. The van der Waals surface area contributed by atoms with Crippen molar-refractivity contribution in [3.63, 3.8) is 0 Å². The highest BCUT2D eigenvalue weighted by Gasteiger charge is 2.23. The molecule has 1 aromatic carbocycles. The molecule has 0 amide bonds. The highest BCUT2D eigenvalue weighted by molar-refractivity contribution is 7.88. The van der Waals surface area contributed by atoms with E-state index in [1.165, 1.54) is 4.31 Å². The molecule has 5 heteroatoms. The van der Waals surface area contributed by atoms with Crippen molar-refractivity contribution < 1.29 is 13.5 Å². The van der Waals surface area contributed by atoms with Crippen LogP contribution in [0.2, 0.25) is 0 Å². The maximum atomic E-state index is 12.3. The Morgan fingerprint density at radius 3 is 2.53 bits per heavy atom. The molecule has 0 bridgehead atoms. The molecule has 0 heterocycles. The van der Waals surface area contributed by atoms with Crippen molar-refractivity contribution in [2.45, 2.75) is 32.2 Å². The Morgan fingerprint density at radius 2 is 2.00 bits per heavy atom. The minimum absolute atomic E-state index is 0.0626. The van der Waals surface area contributed by atoms with Crippen molar-refractivity contribution in [1.29, 1.82) is 0 Å². The number of aliphatic hydroxyl groups is 1. The van der Waals surface area contributed by atoms with Gasteiger partial charge in [-0.05, 0) is 25.0 Å². The Kier molecular flexibility index (Phi) is 5.72. The third-order valence-electron chi connectivity index (χ3n) is 2.77. The quantitative estimate of drug-likeness (QED) is 0.778. The largest absolute Gasteiger partial charge is 0.392 e. The fraction of sp³-hybridized carbons (Fsp3) is 0.429. The van der Waals surface area contributed by atoms with Gasteiger partial charge in [-0.3, -0.25) is 0 Å². The highest BCUT2D eigenvalue weighted by atomic mass is 32.2. The van der Waals surface area contributed by atoms with Gasteiger partial charge in [0, 0.05) is 12.6 Å². The van der Waals surface area contributed by atoms with E-state index in [-0.39, 0.29) is 18.4 Å². The van der Waals surface area contributed by atoms with E-state index in [4.69, 9.17) is 5.11 Å². The fourth-order valence-corrected chi connectivity index (χ4v) is 3.63. The summed E-state index contributed by atoms with van der Waals surface area (Å²) in [4.78, 5) is 0. The van der Waals surface area contributed by atoms with Crippen LogP contribution in [-0.4, -0.2) is 30.4 Å². The molecule has 4 nitrogen and oxygen atoms in total. The van der Waals surface area contributed by atoms with Crippen molar-refractivity contribution in [2.75, 3.05) is 6.54 Å². The number of rotatable bonds is 7. The van der Waals surface area contributed by atoms with Gasteiger partial charge in [-0.25, -0.2) is 8.42 Å². The second-order valence-electron chi connectivity index (χ2n) is 4.69. The van der Waals surface area contributed by atoms with E-state index in [2.05, 4.69) is 6.58 Å². The fourth-order valence-electron chi connectivity index (χ4n) is 1.88. The smallest absolute Gasteiger partial charge is 0.218 e. The van der Waals surface area contributed by atoms with Crippen LogP contribution in [0.4, 0.5) is 0 Å². The Balaban J connectivity index is 2.96. The number of hydrogen-bond acceptors (Lipinski definition) is 3. The summed E-state index contributed by atoms with van der Waals surface area (Å²) in [7, 11) is -3.38. The van der Waals surface area contributed by atoms with E-state index in [1.54, 1.807) is 30.3 Å².